The summed E-state index contributed by atoms with van der Waals surface area (Å²) in [7, 11) is 0. The number of carbonyl (C=O) groups is 1. The van der Waals surface area contributed by atoms with Crippen molar-refractivity contribution in [2.24, 2.45) is 0 Å². The van der Waals surface area contributed by atoms with Crippen molar-refractivity contribution in [3.8, 4) is 0 Å². The molecule has 2 aliphatic rings. The van der Waals surface area contributed by atoms with E-state index >= 15 is 0 Å². The molecule has 2 saturated heterocycles. The van der Waals surface area contributed by atoms with Crippen molar-refractivity contribution in [3.63, 3.8) is 0 Å². The molecule has 0 aliphatic carbocycles. The molecule has 2 heterocycles. The molecular weight excluding hydrogens is 909 g/mol. The normalized spacial score (nSPS) is 26.1. The molecule has 0 aromatic heterocycles. The van der Waals surface area contributed by atoms with Crippen LogP contribution < -0.4 is 0 Å². The van der Waals surface area contributed by atoms with Gasteiger partial charge in [-0.15, -0.1) is 0 Å². The van der Waals surface area contributed by atoms with Gasteiger partial charge in [-0.05, 0) is 89.9 Å². The van der Waals surface area contributed by atoms with E-state index in [4.69, 9.17) is 28.4 Å². The molecular formula is C57H94O14. The van der Waals surface area contributed by atoms with Crippen LogP contribution in [0.2, 0.25) is 0 Å². The van der Waals surface area contributed by atoms with Crippen LogP contribution in [0, 0.1) is 0 Å². The zero-order valence-corrected chi connectivity index (χ0v) is 43.2. The van der Waals surface area contributed by atoms with Gasteiger partial charge < -0.3 is 64.2 Å². The second kappa shape index (κ2) is 43.3. The molecule has 71 heavy (non-hydrogen) atoms. The van der Waals surface area contributed by atoms with Crippen LogP contribution in [0.25, 0.3) is 0 Å². The van der Waals surface area contributed by atoms with Crippen molar-refractivity contribution in [1.82, 2.24) is 0 Å². The predicted molar refractivity (Wildman–Crippen MR) is 279 cm³/mol. The van der Waals surface area contributed by atoms with Crippen LogP contribution in [0.3, 0.4) is 0 Å². The molecule has 11 atom stereocenters. The number of esters is 1. The summed E-state index contributed by atoms with van der Waals surface area (Å²) in [5.41, 5.74) is 0. The van der Waals surface area contributed by atoms with Crippen LogP contribution in [0.15, 0.2) is 97.2 Å². The fraction of sp³-hybridized carbons (Fsp3) is 0.702. The standard InChI is InChI=1S/C57H94O14/c1-3-5-7-9-11-13-15-17-19-20-21-22-23-24-25-27-29-31-33-35-37-39-41-66-43-46(69-49(59)40-38-36-34-32-30-28-26-18-16-14-12-10-8-6-4-2)44-67-56-55(65)53(63)51(61)48(71-56)45-68-57-54(64)52(62)50(60)47(42-58)70-57/h5-8,11-14,17-19,21-22,24-26,46-48,50-58,60-65H,3-4,9-10,15-16,20,23,27-45H2,1-2H3/b7-5-,8-6-,13-11-,14-12-,19-17-,22-21-,25-24-,26-18-. The van der Waals surface area contributed by atoms with Crippen molar-refractivity contribution < 1.29 is 69.0 Å². The van der Waals surface area contributed by atoms with E-state index in [1.807, 2.05) is 0 Å². The van der Waals surface area contributed by atoms with Crippen LogP contribution in [0.1, 0.15) is 155 Å². The molecule has 0 saturated carbocycles. The van der Waals surface area contributed by atoms with Crippen molar-refractivity contribution >= 4 is 5.97 Å². The molecule has 14 heteroatoms. The maximum Gasteiger partial charge on any atom is 0.306 e. The molecule has 0 aromatic carbocycles. The van der Waals surface area contributed by atoms with Gasteiger partial charge in [0.2, 0.25) is 0 Å². The predicted octanol–water partition coefficient (Wildman–Crippen LogP) is 8.63. The number of hydrogen-bond acceptors (Lipinski definition) is 14. The van der Waals surface area contributed by atoms with Crippen molar-refractivity contribution in [2.75, 3.05) is 33.0 Å². The Kier molecular flexibility index (Phi) is 39.1. The second-order valence-corrected chi connectivity index (χ2v) is 18.3. The zero-order chi connectivity index (χ0) is 51.6. The highest BCUT2D eigenvalue weighted by molar-refractivity contribution is 5.69. The molecule has 0 amide bonds. The van der Waals surface area contributed by atoms with Crippen molar-refractivity contribution in [2.45, 2.75) is 223 Å². The maximum atomic E-state index is 13.0. The summed E-state index contributed by atoms with van der Waals surface area (Å²) in [6, 6.07) is 0. The van der Waals surface area contributed by atoms with Gasteiger partial charge in [-0.1, -0.05) is 156 Å². The molecule has 0 aromatic rings. The fourth-order valence-electron chi connectivity index (χ4n) is 7.80. The highest BCUT2D eigenvalue weighted by Gasteiger charge is 2.47. The smallest absolute Gasteiger partial charge is 0.306 e. The number of ether oxygens (including phenoxy) is 6. The number of aliphatic hydroxyl groups excluding tert-OH is 7. The number of hydrogen-bond donors (Lipinski definition) is 7. The van der Waals surface area contributed by atoms with Gasteiger partial charge in [-0.2, -0.15) is 0 Å². The van der Waals surface area contributed by atoms with Crippen LogP contribution >= 0.6 is 0 Å². The first kappa shape index (κ1) is 64.0. The molecule has 2 rings (SSSR count). The number of unbranched alkanes of at least 4 members (excludes halogenated alkanes) is 11. The summed E-state index contributed by atoms with van der Waals surface area (Å²) in [5, 5.41) is 72.2. The average molecular weight is 1000 g/mol. The van der Waals surface area contributed by atoms with Crippen molar-refractivity contribution in [3.05, 3.63) is 97.2 Å². The third kappa shape index (κ3) is 30.6. The maximum absolute atomic E-state index is 13.0. The van der Waals surface area contributed by atoms with Crippen LogP contribution in [-0.4, -0.2) is 142 Å². The molecule has 2 aliphatic heterocycles. The fourth-order valence-corrected chi connectivity index (χ4v) is 7.80. The van der Waals surface area contributed by atoms with E-state index in [9.17, 15) is 40.5 Å². The van der Waals surface area contributed by atoms with Crippen LogP contribution in [-0.2, 0) is 33.2 Å². The van der Waals surface area contributed by atoms with Crippen molar-refractivity contribution in [1.29, 1.82) is 0 Å². The Balaban J connectivity index is 1.76. The highest BCUT2D eigenvalue weighted by atomic mass is 16.7. The molecule has 2 fully saturated rings. The Bertz CT molecular complexity index is 1540. The number of allylic oxidation sites excluding steroid dienone is 16. The lowest BCUT2D eigenvalue weighted by molar-refractivity contribution is -0.332. The molecule has 406 valence electrons. The number of carbonyl (C=O) groups excluding carboxylic acids is 1. The summed E-state index contributed by atoms with van der Waals surface area (Å²) in [4.78, 5) is 13.0. The van der Waals surface area contributed by atoms with Gasteiger partial charge in [-0.25, -0.2) is 0 Å². The molecule has 0 bridgehead atoms. The SMILES string of the molecule is CC/C=C\C/C=C\C/C=C\C/C=C\C/C=C\CCCCCCCCOCC(COC1OC(COC2OC(CO)C(O)C(O)C2O)C(O)C(O)C1O)OC(=O)CCCCCCC/C=C\C/C=C\C/C=C\CC. The second-order valence-electron chi connectivity index (χ2n) is 18.3. The minimum absolute atomic E-state index is 0.0375. The molecule has 14 nitrogen and oxygen atoms in total. The lowest BCUT2D eigenvalue weighted by Crippen LogP contribution is -2.61. The first-order chi connectivity index (χ1) is 34.6. The minimum atomic E-state index is -1.72. The summed E-state index contributed by atoms with van der Waals surface area (Å²) in [6.07, 6.45) is 40.4. The molecule has 0 radical (unpaired) electrons. The number of aliphatic hydroxyl groups is 7. The van der Waals surface area contributed by atoms with E-state index in [1.54, 1.807) is 0 Å². The summed E-state index contributed by atoms with van der Waals surface area (Å²) >= 11 is 0. The van der Waals surface area contributed by atoms with Crippen LogP contribution in [0.5, 0.6) is 0 Å². The van der Waals surface area contributed by atoms with Gasteiger partial charge in [0.15, 0.2) is 12.6 Å². The Labute approximate surface area is 426 Å². The monoisotopic (exact) mass is 1000 g/mol. The Morgan fingerprint density at radius 2 is 0.873 bits per heavy atom. The Hall–Kier alpha value is -3.09. The Morgan fingerprint density at radius 1 is 0.465 bits per heavy atom. The first-order valence-corrected chi connectivity index (χ1v) is 26.8. The van der Waals surface area contributed by atoms with E-state index < -0.39 is 86.7 Å². The van der Waals surface area contributed by atoms with Crippen LogP contribution in [0.4, 0.5) is 0 Å². The van der Waals surface area contributed by atoms with E-state index in [-0.39, 0.29) is 19.6 Å². The first-order valence-electron chi connectivity index (χ1n) is 26.8. The van der Waals surface area contributed by atoms with Gasteiger partial charge in [-0.3, -0.25) is 4.79 Å². The highest BCUT2D eigenvalue weighted by Crippen LogP contribution is 2.26. The third-order valence-corrected chi connectivity index (χ3v) is 12.1. The van der Waals surface area contributed by atoms with E-state index in [1.165, 1.54) is 6.42 Å². The average Bonchev–Trinajstić information content (AvgIpc) is 3.37. The quantitative estimate of drug-likeness (QED) is 0.0174. The van der Waals surface area contributed by atoms with Gasteiger partial charge in [0.05, 0.1) is 26.4 Å². The topological polar surface area (TPSA) is 214 Å². The van der Waals surface area contributed by atoms with E-state index in [2.05, 4.69) is 111 Å². The van der Waals surface area contributed by atoms with E-state index in [0.29, 0.717) is 13.0 Å². The number of rotatable bonds is 41. The molecule has 7 N–H and O–H groups in total. The molecule has 11 unspecified atom stereocenters. The van der Waals surface area contributed by atoms with Gasteiger partial charge in [0.25, 0.3) is 0 Å². The summed E-state index contributed by atoms with van der Waals surface area (Å²) in [5.74, 6) is -0.403. The third-order valence-electron chi connectivity index (χ3n) is 12.1. The molecule has 0 spiro atoms. The lowest BCUT2D eigenvalue weighted by atomic mass is 9.98. The minimum Gasteiger partial charge on any atom is -0.457 e. The summed E-state index contributed by atoms with van der Waals surface area (Å²) < 4.78 is 34.3. The largest absolute Gasteiger partial charge is 0.457 e. The van der Waals surface area contributed by atoms with E-state index in [0.717, 1.165) is 122 Å². The van der Waals surface area contributed by atoms with Gasteiger partial charge in [0.1, 0.15) is 54.9 Å². The lowest BCUT2D eigenvalue weighted by Gasteiger charge is -2.42. The van der Waals surface area contributed by atoms with Gasteiger partial charge in [0, 0.05) is 13.0 Å². The Morgan fingerprint density at radius 3 is 1.37 bits per heavy atom. The summed E-state index contributed by atoms with van der Waals surface area (Å²) in [6.45, 7) is 3.37. The van der Waals surface area contributed by atoms with Gasteiger partial charge >= 0.3 is 5.97 Å². The zero-order valence-electron chi connectivity index (χ0n) is 43.2.